The largest absolute Gasteiger partial charge is 0.355 e. The predicted molar refractivity (Wildman–Crippen MR) is 84.1 cm³/mol. The number of rotatable bonds is 5. The fourth-order valence-electron chi connectivity index (χ4n) is 2.15. The van der Waals surface area contributed by atoms with E-state index in [-0.39, 0.29) is 18.4 Å². The van der Waals surface area contributed by atoms with Gasteiger partial charge in [0.1, 0.15) is 5.00 Å². The Hall–Kier alpha value is -2.08. The van der Waals surface area contributed by atoms with Crippen LogP contribution in [0.3, 0.4) is 0 Å². The Morgan fingerprint density at radius 1 is 1.14 bits per heavy atom. The van der Waals surface area contributed by atoms with Crippen LogP contribution in [0.4, 0.5) is 0 Å². The molecule has 0 saturated heterocycles. The standard InChI is InChI=1S/C15H19N3O2S/c1-4-16-13(19)9-17-14(20)12-7-8-21-15(12)18-10(2)5-6-11(18)3/h5-8H,4,9H2,1-3H3,(H,16,19)(H,17,20). The lowest BCUT2D eigenvalue weighted by Crippen LogP contribution is -2.36. The van der Waals surface area contributed by atoms with E-state index in [1.165, 1.54) is 11.3 Å². The highest BCUT2D eigenvalue weighted by Gasteiger charge is 2.17. The summed E-state index contributed by atoms with van der Waals surface area (Å²) in [5, 5.41) is 8.07. The van der Waals surface area contributed by atoms with Gasteiger partial charge in [-0.05, 0) is 44.4 Å². The molecule has 5 nitrogen and oxygen atoms in total. The number of nitrogens with one attached hydrogen (secondary N) is 2. The maximum Gasteiger partial charge on any atom is 0.254 e. The molecule has 2 aromatic heterocycles. The van der Waals surface area contributed by atoms with Crippen molar-refractivity contribution in [1.29, 1.82) is 0 Å². The summed E-state index contributed by atoms with van der Waals surface area (Å²) < 4.78 is 2.05. The van der Waals surface area contributed by atoms with E-state index < -0.39 is 0 Å². The fourth-order valence-corrected chi connectivity index (χ4v) is 3.17. The molecule has 0 saturated carbocycles. The van der Waals surface area contributed by atoms with Gasteiger partial charge in [0.05, 0.1) is 12.1 Å². The van der Waals surface area contributed by atoms with Gasteiger partial charge < -0.3 is 15.2 Å². The van der Waals surface area contributed by atoms with Gasteiger partial charge >= 0.3 is 0 Å². The molecule has 112 valence electrons. The molecule has 2 amide bonds. The summed E-state index contributed by atoms with van der Waals surface area (Å²) in [4.78, 5) is 23.7. The van der Waals surface area contributed by atoms with Gasteiger partial charge in [0.2, 0.25) is 5.91 Å². The van der Waals surface area contributed by atoms with E-state index in [9.17, 15) is 9.59 Å². The number of aromatic nitrogens is 1. The summed E-state index contributed by atoms with van der Waals surface area (Å²) in [7, 11) is 0. The average molecular weight is 305 g/mol. The molecule has 0 spiro atoms. The van der Waals surface area contributed by atoms with Gasteiger partial charge in [-0.25, -0.2) is 0 Å². The third kappa shape index (κ3) is 3.33. The minimum absolute atomic E-state index is 0.00833. The first-order valence-electron chi connectivity index (χ1n) is 6.82. The smallest absolute Gasteiger partial charge is 0.254 e. The van der Waals surface area contributed by atoms with Gasteiger partial charge in [0.15, 0.2) is 0 Å². The molecule has 0 aliphatic carbocycles. The van der Waals surface area contributed by atoms with Crippen LogP contribution < -0.4 is 10.6 Å². The third-order valence-electron chi connectivity index (χ3n) is 3.15. The van der Waals surface area contributed by atoms with E-state index in [1.807, 2.05) is 42.9 Å². The molecule has 0 radical (unpaired) electrons. The van der Waals surface area contributed by atoms with E-state index >= 15 is 0 Å². The minimum Gasteiger partial charge on any atom is -0.355 e. The van der Waals surface area contributed by atoms with Crippen LogP contribution in [-0.4, -0.2) is 29.5 Å². The summed E-state index contributed by atoms with van der Waals surface area (Å²) in [5.74, 6) is -0.416. The van der Waals surface area contributed by atoms with E-state index in [1.54, 1.807) is 6.07 Å². The molecule has 2 rings (SSSR count). The van der Waals surface area contributed by atoms with Crippen LogP contribution in [-0.2, 0) is 4.79 Å². The van der Waals surface area contributed by atoms with Crippen LogP contribution in [0.5, 0.6) is 0 Å². The highest BCUT2D eigenvalue weighted by Crippen LogP contribution is 2.25. The van der Waals surface area contributed by atoms with Crippen LogP contribution in [0.25, 0.3) is 5.00 Å². The van der Waals surface area contributed by atoms with Gasteiger partial charge in [0.25, 0.3) is 5.91 Å². The number of nitrogens with zero attached hydrogens (tertiary/aromatic N) is 1. The number of carbonyl (C=O) groups is 2. The second kappa shape index (κ2) is 6.58. The lowest BCUT2D eigenvalue weighted by atomic mass is 10.3. The topological polar surface area (TPSA) is 63.1 Å². The Kier molecular flexibility index (Phi) is 4.80. The average Bonchev–Trinajstić information content (AvgIpc) is 3.03. The molecular weight excluding hydrogens is 286 g/mol. The molecule has 2 aromatic rings. The predicted octanol–water partition coefficient (Wildman–Crippen LogP) is 2.02. The first-order chi connectivity index (χ1) is 10.0. The number of likely N-dealkylation sites (N-methyl/N-ethyl adjacent to an activating group) is 1. The summed E-state index contributed by atoms with van der Waals surface area (Å²) in [5.41, 5.74) is 2.74. The molecule has 0 aliphatic heterocycles. The third-order valence-corrected chi connectivity index (χ3v) is 4.05. The zero-order valence-electron chi connectivity index (χ0n) is 12.4. The molecule has 0 aromatic carbocycles. The summed E-state index contributed by atoms with van der Waals surface area (Å²) in [6, 6.07) is 5.82. The molecule has 0 aliphatic rings. The second-order valence-corrected chi connectivity index (χ2v) is 5.62. The molecule has 2 heterocycles. The Morgan fingerprint density at radius 3 is 2.43 bits per heavy atom. The monoisotopic (exact) mass is 305 g/mol. The lowest BCUT2D eigenvalue weighted by molar-refractivity contribution is -0.120. The number of aryl methyl sites for hydroxylation is 2. The van der Waals surface area contributed by atoms with Crippen LogP contribution in [0.15, 0.2) is 23.6 Å². The van der Waals surface area contributed by atoms with Crippen molar-refractivity contribution in [1.82, 2.24) is 15.2 Å². The Balaban J connectivity index is 2.17. The van der Waals surface area contributed by atoms with Crippen LogP contribution in [0.2, 0.25) is 0 Å². The van der Waals surface area contributed by atoms with Crippen LogP contribution >= 0.6 is 11.3 Å². The molecule has 21 heavy (non-hydrogen) atoms. The Morgan fingerprint density at radius 2 is 1.81 bits per heavy atom. The molecule has 6 heteroatoms. The minimum atomic E-state index is -0.231. The quantitative estimate of drug-likeness (QED) is 0.888. The molecule has 0 unspecified atom stereocenters. The maximum absolute atomic E-state index is 12.3. The summed E-state index contributed by atoms with van der Waals surface area (Å²) in [6.45, 7) is 6.40. The first-order valence-corrected chi connectivity index (χ1v) is 7.70. The number of hydrogen-bond donors (Lipinski definition) is 2. The van der Waals surface area contributed by atoms with E-state index in [4.69, 9.17) is 0 Å². The van der Waals surface area contributed by atoms with Crippen LogP contribution in [0, 0.1) is 13.8 Å². The molecule has 0 fully saturated rings. The highest BCUT2D eigenvalue weighted by molar-refractivity contribution is 7.13. The van der Waals surface area contributed by atoms with Gasteiger partial charge in [0, 0.05) is 17.9 Å². The van der Waals surface area contributed by atoms with Gasteiger partial charge in [-0.1, -0.05) is 0 Å². The van der Waals surface area contributed by atoms with Crippen molar-refractivity contribution in [2.24, 2.45) is 0 Å². The van der Waals surface area contributed by atoms with Gasteiger partial charge in [-0.15, -0.1) is 11.3 Å². The van der Waals surface area contributed by atoms with Crippen molar-refractivity contribution >= 4 is 23.2 Å². The van der Waals surface area contributed by atoms with Crippen molar-refractivity contribution in [2.45, 2.75) is 20.8 Å². The highest BCUT2D eigenvalue weighted by atomic mass is 32.1. The first kappa shape index (κ1) is 15.3. The van der Waals surface area contributed by atoms with Gasteiger partial charge in [-0.2, -0.15) is 0 Å². The maximum atomic E-state index is 12.3. The Bertz CT molecular complexity index is 638. The number of thiophene rings is 1. The molecular formula is C15H19N3O2S. The second-order valence-electron chi connectivity index (χ2n) is 4.73. The fraction of sp³-hybridized carbons (Fsp3) is 0.333. The number of carbonyl (C=O) groups excluding carboxylic acids is 2. The van der Waals surface area contributed by atoms with Crippen molar-refractivity contribution in [3.63, 3.8) is 0 Å². The van der Waals surface area contributed by atoms with Crippen molar-refractivity contribution in [3.8, 4) is 5.00 Å². The summed E-state index contributed by atoms with van der Waals surface area (Å²) >= 11 is 1.51. The normalized spacial score (nSPS) is 10.4. The van der Waals surface area contributed by atoms with E-state index in [2.05, 4.69) is 10.6 Å². The SMILES string of the molecule is CCNC(=O)CNC(=O)c1ccsc1-n1c(C)ccc1C. The van der Waals surface area contributed by atoms with E-state index in [0.717, 1.165) is 16.4 Å². The van der Waals surface area contributed by atoms with Crippen LogP contribution in [0.1, 0.15) is 28.7 Å². The van der Waals surface area contributed by atoms with Crippen molar-refractivity contribution < 1.29 is 9.59 Å². The number of hydrogen-bond acceptors (Lipinski definition) is 3. The Labute approximate surface area is 128 Å². The molecule has 0 atom stereocenters. The van der Waals surface area contributed by atoms with E-state index in [0.29, 0.717) is 12.1 Å². The molecule has 2 N–H and O–H groups in total. The zero-order valence-corrected chi connectivity index (χ0v) is 13.2. The van der Waals surface area contributed by atoms with Gasteiger partial charge in [-0.3, -0.25) is 9.59 Å². The summed E-state index contributed by atoms with van der Waals surface area (Å²) in [6.07, 6.45) is 0. The van der Waals surface area contributed by atoms with Crippen molar-refractivity contribution in [2.75, 3.05) is 13.1 Å². The molecule has 0 bridgehead atoms. The zero-order chi connectivity index (χ0) is 15.4. The van der Waals surface area contributed by atoms with Crippen molar-refractivity contribution in [3.05, 3.63) is 40.5 Å². The lowest BCUT2D eigenvalue weighted by Gasteiger charge is -2.10. The number of amides is 2.